The summed E-state index contributed by atoms with van der Waals surface area (Å²) in [5.41, 5.74) is 0.450. The van der Waals surface area contributed by atoms with Crippen LogP contribution in [0.3, 0.4) is 0 Å². The highest BCUT2D eigenvalue weighted by Crippen LogP contribution is 2.40. The third-order valence-corrected chi connectivity index (χ3v) is 2.35. The van der Waals surface area contributed by atoms with Crippen molar-refractivity contribution >= 4 is 0 Å². The van der Waals surface area contributed by atoms with Gasteiger partial charge in [-0.3, -0.25) is 0 Å². The lowest BCUT2D eigenvalue weighted by molar-refractivity contribution is -0.263. The molecule has 0 bridgehead atoms. The van der Waals surface area contributed by atoms with E-state index in [1.807, 2.05) is 0 Å². The molecule has 102 valence electrons. The van der Waals surface area contributed by atoms with Gasteiger partial charge in [0.05, 0.1) is 6.61 Å². The summed E-state index contributed by atoms with van der Waals surface area (Å²) in [4.78, 5) is 3.44. The molecule has 1 rings (SSSR count). The standard InChI is InChI=1S/C10H12F4N2O2/c1-2-18-8-7(11)6(3-4-16-8)9(17,5-15)10(12,13)14/h3-4,17H,2,5,15H2,1H3. The van der Waals surface area contributed by atoms with Crippen molar-refractivity contribution in [3.63, 3.8) is 0 Å². The fourth-order valence-electron chi connectivity index (χ4n) is 1.36. The van der Waals surface area contributed by atoms with Crippen molar-refractivity contribution in [1.29, 1.82) is 0 Å². The second-order valence-corrected chi connectivity index (χ2v) is 3.47. The number of aliphatic hydroxyl groups is 1. The quantitative estimate of drug-likeness (QED) is 0.808. The van der Waals surface area contributed by atoms with Crippen LogP contribution in [0.1, 0.15) is 12.5 Å². The highest BCUT2D eigenvalue weighted by Gasteiger charge is 2.55. The van der Waals surface area contributed by atoms with E-state index in [0.29, 0.717) is 0 Å². The minimum atomic E-state index is -5.10. The van der Waals surface area contributed by atoms with Crippen LogP contribution in [0.25, 0.3) is 0 Å². The zero-order valence-corrected chi connectivity index (χ0v) is 9.46. The Labute approximate surface area is 100 Å². The molecule has 1 heterocycles. The molecule has 1 unspecified atom stereocenters. The van der Waals surface area contributed by atoms with Gasteiger partial charge in [0.1, 0.15) is 0 Å². The summed E-state index contributed by atoms with van der Waals surface area (Å²) < 4.78 is 56.7. The maximum absolute atomic E-state index is 13.8. The fourth-order valence-corrected chi connectivity index (χ4v) is 1.36. The molecule has 0 aliphatic carbocycles. The molecule has 0 aromatic carbocycles. The van der Waals surface area contributed by atoms with Gasteiger partial charge in [-0.15, -0.1) is 0 Å². The molecule has 0 radical (unpaired) electrons. The Morgan fingerprint density at radius 3 is 2.50 bits per heavy atom. The van der Waals surface area contributed by atoms with Crippen LogP contribution in [0.2, 0.25) is 0 Å². The van der Waals surface area contributed by atoms with Crippen LogP contribution in [0.5, 0.6) is 5.88 Å². The van der Waals surface area contributed by atoms with E-state index in [-0.39, 0.29) is 6.61 Å². The average molecular weight is 268 g/mol. The van der Waals surface area contributed by atoms with E-state index < -0.39 is 35.6 Å². The number of hydrogen-bond donors (Lipinski definition) is 2. The molecule has 0 amide bonds. The minimum absolute atomic E-state index is 0.0282. The van der Waals surface area contributed by atoms with E-state index in [4.69, 9.17) is 10.5 Å². The van der Waals surface area contributed by atoms with Gasteiger partial charge >= 0.3 is 6.18 Å². The molecule has 18 heavy (non-hydrogen) atoms. The van der Waals surface area contributed by atoms with Gasteiger partial charge in [-0.2, -0.15) is 13.2 Å². The van der Waals surface area contributed by atoms with Crippen LogP contribution in [-0.2, 0) is 5.60 Å². The van der Waals surface area contributed by atoms with Crippen LogP contribution < -0.4 is 10.5 Å². The molecule has 1 aromatic heterocycles. The van der Waals surface area contributed by atoms with E-state index >= 15 is 0 Å². The molecule has 0 spiro atoms. The highest BCUT2D eigenvalue weighted by molar-refractivity contribution is 5.30. The Hall–Kier alpha value is -1.41. The number of ether oxygens (including phenoxy) is 1. The largest absolute Gasteiger partial charge is 0.476 e. The maximum atomic E-state index is 13.8. The first kappa shape index (κ1) is 14.7. The lowest BCUT2D eigenvalue weighted by atomic mass is 9.93. The van der Waals surface area contributed by atoms with Crippen molar-refractivity contribution in [3.05, 3.63) is 23.6 Å². The summed E-state index contributed by atoms with van der Waals surface area (Å²) in [7, 11) is 0. The van der Waals surface area contributed by atoms with Crippen molar-refractivity contribution in [1.82, 2.24) is 4.98 Å². The van der Waals surface area contributed by atoms with Crippen molar-refractivity contribution in [2.24, 2.45) is 5.73 Å². The lowest BCUT2D eigenvalue weighted by Crippen LogP contribution is -2.49. The summed E-state index contributed by atoms with van der Waals surface area (Å²) in [6, 6.07) is 0.720. The van der Waals surface area contributed by atoms with Crippen molar-refractivity contribution in [2.45, 2.75) is 18.7 Å². The molecular weight excluding hydrogens is 256 g/mol. The van der Waals surface area contributed by atoms with Crippen LogP contribution in [0.15, 0.2) is 12.3 Å². The topological polar surface area (TPSA) is 68.4 Å². The minimum Gasteiger partial charge on any atom is -0.476 e. The monoisotopic (exact) mass is 268 g/mol. The maximum Gasteiger partial charge on any atom is 0.422 e. The zero-order chi connectivity index (χ0) is 14.0. The number of alkyl halides is 3. The zero-order valence-electron chi connectivity index (χ0n) is 9.46. The number of halogens is 4. The summed E-state index contributed by atoms with van der Waals surface area (Å²) in [6.07, 6.45) is -4.19. The second-order valence-electron chi connectivity index (χ2n) is 3.47. The van der Waals surface area contributed by atoms with E-state index in [1.54, 1.807) is 0 Å². The van der Waals surface area contributed by atoms with Crippen molar-refractivity contribution in [3.8, 4) is 5.88 Å². The first-order valence-corrected chi connectivity index (χ1v) is 5.05. The molecule has 1 aromatic rings. The number of nitrogens with two attached hydrogens (primary N) is 1. The Morgan fingerprint density at radius 1 is 1.44 bits per heavy atom. The van der Waals surface area contributed by atoms with E-state index in [0.717, 1.165) is 12.3 Å². The number of hydrogen-bond acceptors (Lipinski definition) is 4. The molecule has 0 saturated heterocycles. The highest BCUT2D eigenvalue weighted by atomic mass is 19.4. The van der Waals surface area contributed by atoms with Crippen LogP contribution in [-0.4, -0.2) is 29.4 Å². The summed E-state index contributed by atoms with van der Waals surface area (Å²) in [6.45, 7) is 0.343. The molecule has 4 nitrogen and oxygen atoms in total. The van der Waals surface area contributed by atoms with Gasteiger partial charge in [0.2, 0.25) is 5.60 Å². The third kappa shape index (κ3) is 2.39. The Bertz CT molecular complexity index is 425. The van der Waals surface area contributed by atoms with Crippen LogP contribution in [0.4, 0.5) is 17.6 Å². The first-order valence-electron chi connectivity index (χ1n) is 5.05. The molecule has 3 N–H and O–H groups in total. The van der Waals surface area contributed by atoms with Crippen LogP contribution >= 0.6 is 0 Å². The molecule has 1 atom stereocenters. The average Bonchev–Trinajstić information content (AvgIpc) is 2.29. The van der Waals surface area contributed by atoms with Gasteiger partial charge in [0.15, 0.2) is 5.82 Å². The smallest absolute Gasteiger partial charge is 0.422 e. The van der Waals surface area contributed by atoms with Gasteiger partial charge in [-0.25, -0.2) is 9.37 Å². The first-order chi connectivity index (χ1) is 8.28. The predicted octanol–water partition coefficient (Wildman–Crippen LogP) is 1.33. The SMILES string of the molecule is CCOc1nccc(C(O)(CN)C(F)(F)F)c1F. The molecule has 0 fully saturated rings. The Morgan fingerprint density at radius 2 is 2.06 bits per heavy atom. The predicted molar refractivity (Wildman–Crippen MR) is 54.4 cm³/mol. The number of nitrogens with zero attached hydrogens (tertiary/aromatic N) is 1. The summed E-state index contributed by atoms with van der Waals surface area (Å²) in [5, 5.41) is 9.53. The summed E-state index contributed by atoms with van der Waals surface area (Å²) in [5.74, 6) is -1.98. The molecule has 0 saturated carbocycles. The van der Waals surface area contributed by atoms with E-state index in [1.165, 1.54) is 6.92 Å². The molecule has 0 aliphatic rings. The van der Waals surface area contributed by atoms with Crippen molar-refractivity contribution in [2.75, 3.05) is 13.2 Å². The fraction of sp³-hybridized carbons (Fsp3) is 0.500. The van der Waals surface area contributed by atoms with Gasteiger partial charge < -0.3 is 15.6 Å². The van der Waals surface area contributed by atoms with Crippen molar-refractivity contribution < 1.29 is 27.4 Å². The molecule has 0 aliphatic heterocycles. The van der Waals surface area contributed by atoms with Gasteiger partial charge in [0.25, 0.3) is 5.88 Å². The van der Waals surface area contributed by atoms with Crippen LogP contribution in [0, 0.1) is 5.82 Å². The molecule has 8 heteroatoms. The molecular formula is C10H12F4N2O2. The normalized spacial score (nSPS) is 15.3. The Kier molecular flexibility index (Phi) is 4.12. The number of pyridine rings is 1. The summed E-state index contributed by atoms with van der Waals surface area (Å²) >= 11 is 0. The van der Waals surface area contributed by atoms with Gasteiger partial charge in [0, 0.05) is 18.3 Å². The van der Waals surface area contributed by atoms with Gasteiger partial charge in [-0.1, -0.05) is 0 Å². The van der Waals surface area contributed by atoms with E-state index in [2.05, 4.69) is 4.98 Å². The van der Waals surface area contributed by atoms with E-state index in [9.17, 15) is 22.7 Å². The lowest BCUT2D eigenvalue weighted by Gasteiger charge is -2.29. The Balaban J connectivity index is 3.35. The number of rotatable bonds is 4. The second kappa shape index (κ2) is 5.07. The number of aromatic nitrogens is 1. The third-order valence-electron chi connectivity index (χ3n) is 2.35. The van der Waals surface area contributed by atoms with Gasteiger partial charge in [-0.05, 0) is 13.0 Å².